The quantitative estimate of drug-likeness (QED) is 0.374. The number of carboxylic acid groups (broad SMARTS) is 1. The summed E-state index contributed by atoms with van der Waals surface area (Å²) in [6, 6.07) is 7.37. The van der Waals surface area contributed by atoms with Crippen LogP contribution in [0.3, 0.4) is 0 Å². The highest BCUT2D eigenvalue weighted by atomic mass is 16.5. The van der Waals surface area contributed by atoms with Crippen molar-refractivity contribution in [2.24, 2.45) is 5.73 Å². The number of hydrogen-bond donors (Lipinski definition) is 3. The van der Waals surface area contributed by atoms with Gasteiger partial charge in [-0.25, -0.2) is 0 Å². The zero-order valence-corrected chi connectivity index (χ0v) is 9.48. The monoisotopic (exact) mass is 236 g/mol. The van der Waals surface area contributed by atoms with E-state index in [0.717, 1.165) is 5.56 Å². The van der Waals surface area contributed by atoms with E-state index in [-0.39, 0.29) is 18.9 Å². The van der Waals surface area contributed by atoms with E-state index in [1.165, 1.54) is 0 Å². The molecule has 0 radical (unpaired) electrons. The molecule has 0 aliphatic rings. The number of nitrogen functional groups attached to an aromatic ring is 1. The van der Waals surface area contributed by atoms with E-state index in [2.05, 4.69) is 0 Å². The number of carboxylic acids is 1. The van der Waals surface area contributed by atoms with Crippen LogP contribution in [0.25, 0.3) is 0 Å². The van der Waals surface area contributed by atoms with E-state index < -0.39 is 5.97 Å². The van der Waals surface area contributed by atoms with Crippen LogP contribution in [0.2, 0.25) is 0 Å². The minimum Gasteiger partial charge on any atom is -0.481 e. The number of benzene rings is 1. The van der Waals surface area contributed by atoms with Crippen molar-refractivity contribution in [3.8, 4) is 0 Å². The molecule has 1 aromatic carbocycles. The zero-order valence-electron chi connectivity index (χ0n) is 9.48. The van der Waals surface area contributed by atoms with Crippen molar-refractivity contribution in [3.63, 3.8) is 0 Å². The fourth-order valence-corrected chi connectivity index (χ4v) is 1.35. The lowest BCUT2D eigenvalue weighted by Crippen LogP contribution is -2.11. The zero-order chi connectivity index (χ0) is 12.7. The van der Waals surface area contributed by atoms with Crippen molar-refractivity contribution in [1.82, 2.24) is 0 Å². The molecule has 17 heavy (non-hydrogen) atoms. The SMILES string of the molecule is N=C(N)c1cccc(CCOCCC(=O)O)c1. The molecule has 0 aromatic heterocycles. The summed E-state index contributed by atoms with van der Waals surface area (Å²) in [5, 5.41) is 15.7. The van der Waals surface area contributed by atoms with Gasteiger partial charge in [-0.3, -0.25) is 10.2 Å². The van der Waals surface area contributed by atoms with Crippen LogP contribution >= 0.6 is 0 Å². The Hall–Kier alpha value is -1.88. The largest absolute Gasteiger partial charge is 0.481 e. The summed E-state index contributed by atoms with van der Waals surface area (Å²) in [5.41, 5.74) is 7.09. The molecule has 1 aromatic rings. The lowest BCUT2D eigenvalue weighted by atomic mass is 10.1. The van der Waals surface area contributed by atoms with E-state index in [4.69, 9.17) is 21.0 Å². The average Bonchev–Trinajstić information content (AvgIpc) is 2.28. The highest BCUT2D eigenvalue weighted by Crippen LogP contribution is 2.05. The number of ether oxygens (including phenoxy) is 1. The van der Waals surface area contributed by atoms with E-state index >= 15 is 0 Å². The second kappa shape index (κ2) is 6.65. The number of carbonyl (C=O) groups is 1. The third-order valence-corrected chi connectivity index (χ3v) is 2.23. The first-order chi connectivity index (χ1) is 8.09. The molecular formula is C12H16N2O3. The van der Waals surface area contributed by atoms with Crippen molar-refractivity contribution in [1.29, 1.82) is 5.41 Å². The Labute approximate surface area is 99.7 Å². The molecular weight excluding hydrogens is 220 g/mol. The van der Waals surface area contributed by atoms with Crippen LogP contribution < -0.4 is 5.73 Å². The lowest BCUT2D eigenvalue weighted by Gasteiger charge is -2.05. The molecule has 92 valence electrons. The molecule has 0 saturated heterocycles. The van der Waals surface area contributed by atoms with Crippen LogP contribution in [-0.2, 0) is 16.0 Å². The Kier molecular flexibility index (Phi) is 5.16. The maximum absolute atomic E-state index is 10.2. The summed E-state index contributed by atoms with van der Waals surface area (Å²) in [7, 11) is 0. The van der Waals surface area contributed by atoms with Gasteiger partial charge in [-0.15, -0.1) is 0 Å². The smallest absolute Gasteiger partial charge is 0.305 e. The topological polar surface area (TPSA) is 96.4 Å². The molecule has 4 N–H and O–H groups in total. The molecule has 5 heteroatoms. The van der Waals surface area contributed by atoms with Crippen LogP contribution in [0.5, 0.6) is 0 Å². The molecule has 0 amide bonds. The van der Waals surface area contributed by atoms with Crippen LogP contribution in [0.15, 0.2) is 24.3 Å². The van der Waals surface area contributed by atoms with Crippen LogP contribution in [0.1, 0.15) is 17.5 Å². The summed E-state index contributed by atoms with van der Waals surface area (Å²) in [4.78, 5) is 10.2. The highest BCUT2D eigenvalue weighted by Gasteiger charge is 2.00. The Morgan fingerprint density at radius 3 is 2.82 bits per heavy atom. The maximum atomic E-state index is 10.2. The van der Waals surface area contributed by atoms with Gasteiger partial charge in [0.15, 0.2) is 0 Å². The maximum Gasteiger partial charge on any atom is 0.305 e. The predicted molar refractivity (Wildman–Crippen MR) is 64.2 cm³/mol. The predicted octanol–water partition coefficient (Wildman–Crippen LogP) is 1.00. The number of aliphatic carboxylic acids is 1. The first-order valence-corrected chi connectivity index (χ1v) is 5.32. The fraction of sp³-hybridized carbons (Fsp3) is 0.333. The van der Waals surface area contributed by atoms with Gasteiger partial charge in [-0.05, 0) is 18.1 Å². The molecule has 0 aliphatic carbocycles. The average molecular weight is 236 g/mol. The van der Waals surface area contributed by atoms with Crippen LogP contribution in [0.4, 0.5) is 0 Å². The molecule has 1 rings (SSSR count). The number of rotatable bonds is 7. The van der Waals surface area contributed by atoms with Gasteiger partial charge in [0, 0.05) is 5.56 Å². The molecule has 5 nitrogen and oxygen atoms in total. The fourth-order valence-electron chi connectivity index (χ4n) is 1.35. The van der Waals surface area contributed by atoms with Crippen molar-refractivity contribution in [3.05, 3.63) is 35.4 Å². The Morgan fingerprint density at radius 1 is 1.41 bits per heavy atom. The van der Waals surface area contributed by atoms with Crippen molar-refractivity contribution in [2.75, 3.05) is 13.2 Å². The minimum atomic E-state index is -0.858. The molecule has 0 unspecified atom stereocenters. The Balaban J connectivity index is 2.34. The van der Waals surface area contributed by atoms with E-state index in [1.54, 1.807) is 6.07 Å². The normalized spacial score (nSPS) is 10.1. The number of amidine groups is 1. The van der Waals surface area contributed by atoms with Crippen molar-refractivity contribution in [2.45, 2.75) is 12.8 Å². The van der Waals surface area contributed by atoms with E-state index in [0.29, 0.717) is 18.6 Å². The summed E-state index contributed by atoms with van der Waals surface area (Å²) >= 11 is 0. The van der Waals surface area contributed by atoms with E-state index in [1.807, 2.05) is 18.2 Å². The van der Waals surface area contributed by atoms with Gasteiger partial charge in [-0.1, -0.05) is 18.2 Å². The second-order valence-corrected chi connectivity index (χ2v) is 3.62. The summed E-state index contributed by atoms with van der Waals surface area (Å²) in [5.74, 6) is -0.817. The Bertz CT molecular complexity index is 404. The van der Waals surface area contributed by atoms with Gasteiger partial charge in [0.1, 0.15) is 5.84 Å². The van der Waals surface area contributed by atoms with Crippen LogP contribution in [0, 0.1) is 5.41 Å². The number of nitrogens with one attached hydrogen (secondary N) is 1. The van der Waals surface area contributed by atoms with Gasteiger partial charge in [0.25, 0.3) is 0 Å². The van der Waals surface area contributed by atoms with E-state index in [9.17, 15) is 4.79 Å². The number of hydrogen-bond acceptors (Lipinski definition) is 3. The summed E-state index contributed by atoms with van der Waals surface area (Å²) in [6.07, 6.45) is 0.703. The first-order valence-electron chi connectivity index (χ1n) is 5.32. The number of nitrogens with two attached hydrogens (primary N) is 1. The van der Waals surface area contributed by atoms with Gasteiger partial charge < -0.3 is 15.6 Å². The lowest BCUT2D eigenvalue weighted by molar-refractivity contribution is -0.138. The first kappa shape index (κ1) is 13.2. The molecule has 0 fully saturated rings. The molecule has 0 bridgehead atoms. The highest BCUT2D eigenvalue weighted by molar-refractivity contribution is 5.95. The van der Waals surface area contributed by atoms with Gasteiger partial charge in [0.2, 0.25) is 0 Å². The molecule has 0 heterocycles. The standard InChI is InChI=1S/C12H16N2O3/c13-12(14)10-3-1-2-9(8-10)4-6-17-7-5-11(15)16/h1-3,8H,4-7H2,(H3,13,14)(H,15,16). The van der Waals surface area contributed by atoms with Crippen molar-refractivity contribution < 1.29 is 14.6 Å². The summed E-state index contributed by atoms with van der Waals surface area (Å²) < 4.78 is 5.18. The summed E-state index contributed by atoms with van der Waals surface area (Å²) in [6.45, 7) is 0.691. The van der Waals surface area contributed by atoms with Crippen molar-refractivity contribution >= 4 is 11.8 Å². The minimum absolute atomic E-state index is 0.0213. The third kappa shape index (κ3) is 5.12. The molecule has 0 spiro atoms. The van der Waals surface area contributed by atoms with Gasteiger partial charge in [-0.2, -0.15) is 0 Å². The van der Waals surface area contributed by atoms with Gasteiger partial charge in [0.05, 0.1) is 19.6 Å². The molecule has 0 saturated carbocycles. The van der Waals surface area contributed by atoms with Gasteiger partial charge >= 0.3 is 5.97 Å². The molecule has 0 atom stereocenters. The second-order valence-electron chi connectivity index (χ2n) is 3.62. The Morgan fingerprint density at radius 2 is 2.18 bits per heavy atom. The third-order valence-electron chi connectivity index (χ3n) is 2.23. The molecule has 0 aliphatic heterocycles. The van der Waals surface area contributed by atoms with Crippen LogP contribution in [-0.4, -0.2) is 30.1 Å².